The minimum absolute atomic E-state index is 0.109. The Morgan fingerprint density at radius 1 is 1.46 bits per heavy atom. The molecule has 2 aromatic heterocycles. The van der Waals surface area contributed by atoms with Crippen molar-refractivity contribution < 1.29 is 34.5 Å². The molecule has 1 fully saturated rings. The van der Waals surface area contributed by atoms with Crippen molar-refractivity contribution in [2.24, 2.45) is 0 Å². The van der Waals surface area contributed by atoms with E-state index in [0.29, 0.717) is 17.4 Å². The lowest BCUT2D eigenvalue weighted by molar-refractivity contribution is -0.332. The lowest BCUT2D eigenvalue weighted by Crippen LogP contribution is -2.32. The zero-order valence-electron chi connectivity index (χ0n) is 13.6. The molecule has 7 N–H and O–H groups in total. The van der Waals surface area contributed by atoms with Crippen LogP contribution in [0.3, 0.4) is 0 Å². The zero-order valence-corrected chi connectivity index (χ0v) is 14.5. The third kappa shape index (κ3) is 3.33. The standard InChI is InChI=1S/C13H19N4O8P/c1-2-5-3-17(9-6(5)10(21)16-13(14)15-9)11-7(19)8(20)12(23-11)24-25-26(22)4-18/h3,7-8,11-12,18-20,22H,2,4H2,1H3,(H3,14,15,16,21)/t7-,8?,11+,12+,26?/m0/s1. The maximum Gasteiger partial charge on any atom is 0.262 e. The van der Waals surface area contributed by atoms with Crippen molar-refractivity contribution in [2.75, 3.05) is 12.1 Å². The van der Waals surface area contributed by atoms with Gasteiger partial charge in [0.1, 0.15) is 18.6 Å². The summed E-state index contributed by atoms with van der Waals surface area (Å²) in [6.45, 7) is 1.84. The Morgan fingerprint density at radius 3 is 2.85 bits per heavy atom. The second kappa shape index (κ2) is 7.55. The van der Waals surface area contributed by atoms with Crippen molar-refractivity contribution in [1.29, 1.82) is 0 Å². The first-order valence-corrected chi connectivity index (χ1v) is 9.08. The fourth-order valence-electron chi connectivity index (χ4n) is 2.76. The minimum atomic E-state index is -2.25. The predicted molar refractivity (Wildman–Crippen MR) is 88.5 cm³/mol. The zero-order chi connectivity index (χ0) is 19.0. The second-order valence-corrected chi connectivity index (χ2v) is 6.74. The van der Waals surface area contributed by atoms with Gasteiger partial charge in [0, 0.05) is 6.20 Å². The van der Waals surface area contributed by atoms with Gasteiger partial charge in [-0.15, -0.1) is 0 Å². The summed E-state index contributed by atoms with van der Waals surface area (Å²) in [5.41, 5.74) is 6.01. The molecule has 3 heterocycles. The highest BCUT2D eigenvalue weighted by atomic mass is 31.2. The van der Waals surface area contributed by atoms with E-state index in [4.69, 9.17) is 20.5 Å². The van der Waals surface area contributed by atoms with Crippen LogP contribution in [0.15, 0.2) is 11.0 Å². The van der Waals surface area contributed by atoms with Gasteiger partial charge in [0.2, 0.25) is 20.6 Å². The number of aryl methyl sites for hydroxylation is 1. The van der Waals surface area contributed by atoms with Crippen LogP contribution >= 0.6 is 8.38 Å². The van der Waals surface area contributed by atoms with E-state index in [0.717, 1.165) is 0 Å². The van der Waals surface area contributed by atoms with Gasteiger partial charge < -0.3 is 35.3 Å². The van der Waals surface area contributed by atoms with Gasteiger partial charge in [0.25, 0.3) is 5.56 Å². The fraction of sp³-hybridized carbons (Fsp3) is 0.538. The molecule has 2 unspecified atom stereocenters. The Balaban J connectivity index is 1.95. The first-order chi connectivity index (χ1) is 12.4. The molecule has 1 aliphatic heterocycles. The summed E-state index contributed by atoms with van der Waals surface area (Å²) in [6.07, 6.45) is -4.11. The Bertz CT molecular complexity index is 841. The number of aliphatic hydroxyl groups is 3. The second-order valence-electron chi connectivity index (χ2n) is 5.61. The normalized spacial score (nSPS) is 27.3. The van der Waals surface area contributed by atoms with Gasteiger partial charge in [0.05, 0.1) is 5.39 Å². The van der Waals surface area contributed by atoms with Crippen LogP contribution in [0.4, 0.5) is 5.95 Å². The summed E-state index contributed by atoms with van der Waals surface area (Å²) in [5, 5.41) is 29.4. The molecule has 3 rings (SSSR count). The number of nitrogens with one attached hydrogen (secondary N) is 1. The molecule has 13 heteroatoms. The van der Waals surface area contributed by atoms with Crippen molar-refractivity contribution in [3.8, 4) is 0 Å². The fourth-order valence-corrected chi connectivity index (χ4v) is 2.99. The highest BCUT2D eigenvalue weighted by molar-refractivity contribution is 7.45. The van der Waals surface area contributed by atoms with E-state index in [1.807, 2.05) is 6.92 Å². The Labute approximate surface area is 147 Å². The minimum Gasteiger partial charge on any atom is -0.387 e. The topological polar surface area (TPSA) is 185 Å². The van der Waals surface area contributed by atoms with E-state index in [1.54, 1.807) is 6.20 Å². The number of aromatic nitrogens is 3. The Kier molecular flexibility index (Phi) is 5.55. The van der Waals surface area contributed by atoms with E-state index in [9.17, 15) is 19.9 Å². The molecule has 0 bridgehead atoms. The van der Waals surface area contributed by atoms with Gasteiger partial charge >= 0.3 is 0 Å². The quantitative estimate of drug-likeness (QED) is 0.196. The molecule has 2 aromatic rings. The number of aromatic amines is 1. The molecular weight excluding hydrogens is 371 g/mol. The molecule has 5 atom stereocenters. The molecule has 1 aliphatic rings. The summed E-state index contributed by atoms with van der Waals surface area (Å²) in [5.74, 6) is -0.109. The van der Waals surface area contributed by atoms with Crippen LogP contribution in [0.25, 0.3) is 11.0 Å². The third-order valence-corrected chi connectivity index (χ3v) is 4.47. The number of nitrogens with zero attached hydrogens (tertiary/aromatic N) is 2. The summed E-state index contributed by atoms with van der Waals surface area (Å²) in [6, 6.07) is 0. The summed E-state index contributed by atoms with van der Waals surface area (Å²) >= 11 is 0. The molecule has 12 nitrogen and oxygen atoms in total. The van der Waals surface area contributed by atoms with E-state index >= 15 is 0 Å². The van der Waals surface area contributed by atoms with Crippen molar-refractivity contribution in [1.82, 2.24) is 14.5 Å². The van der Waals surface area contributed by atoms with Crippen LogP contribution in [0, 0.1) is 0 Å². The van der Waals surface area contributed by atoms with Crippen molar-refractivity contribution in [3.05, 3.63) is 22.1 Å². The van der Waals surface area contributed by atoms with Crippen LogP contribution in [-0.4, -0.2) is 59.6 Å². The molecule has 1 saturated heterocycles. The number of nitrogen functional groups attached to an aromatic ring is 1. The average molecular weight is 390 g/mol. The van der Waals surface area contributed by atoms with E-state index < -0.39 is 45.0 Å². The van der Waals surface area contributed by atoms with Gasteiger partial charge in [0.15, 0.2) is 11.9 Å². The highest BCUT2D eigenvalue weighted by Crippen LogP contribution is 2.36. The van der Waals surface area contributed by atoms with E-state index in [1.165, 1.54) is 4.57 Å². The van der Waals surface area contributed by atoms with E-state index in [-0.39, 0.29) is 11.6 Å². The number of hydrogen-bond donors (Lipinski definition) is 6. The van der Waals surface area contributed by atoms with Gasteiger partial charge in [-0.1, -0.05) is 6.92 Å². The molecule has 0 aromatic carbocycles. The van der Waals surface area contributed by atoms with Gasteiger partial charge in [-0.2, -0.15) is 14.5 Å². The van der Waals surface area contributed by atoms with Crippen LogP contribution in [0.1, 0.15) is 18.7 Å². The van der Waals surface area contributed by atoms with Gasteiger partial charge in [-0.25, -0.2) is 0 Å². The third-order valence-electron chi connectivity index (χ3n) is 3.97. The summed E-state index contributed by atoms with van der Waals surface area (Å²) < 4.78 is 11.3. The molecule has 144 valence electrons. The average Bonchev–Trinajstić information content (AvgIpc) is 3.11. The highest BCUT2D eigenvalue weighted by Gasteiger charge is 2.46. The van der Waals surface area contributed by atoms with E-state index in [2.05, 4.69) is 14.6 Å². The monoisotopic (exact) mass is 390 g/mol. The molecule has 0 aliphatic carbocycles. The number of rotatable bonds is 6. The van der Waals surface area contributed by atoms with Crippen molar-refractivity contribution in [3.63, 3.8) is 0 Å². The van der Waals surface area contributed by atoms with Crippen molar-refractivity contribution in [2.45, 2.75) is 38.1 Å². The Morgan fingerprint density at radius 2 is 2.19 bits per heavy atom. The number of nitrogens with two attached hydrogens (primary N) is 1. The first-order valence-electron chi connectivity index (χ1n) is 7.68. The molecule has 0 saturated carbocycles. The number of aliphatic hydroxyl groups excluding tert-OH is 3. The molecule has 26 heavy (non-hydrogen) atoms. The van der Waals surface area contributed by atoms with Gasteiger partial charge in [-0.3, -0.25) is 9.78 Å². The Hall–Kier alpha value is -1.63. The maximum atomic E-state index is 12.2. The summed E-state index contributed by atoms with van der Waals surface area (Å²) in [7, 11) is -2.25. The number of hydrogen-bond acceptors (Lipinski definition) is 10. The number of anilines is 1. The van der Waals surface area contributed by atoms with Crippen LogP contribution in [0.2, 0.25) is 0 Å². The number of ether oxygens (including phenoxy) is 1. The molecule has 0 amide bonds. The lowest BCUT2D eigenvalue weighted by Gasteiger charge is -2.17. The van der Waals surface area contributed by atoms with Crippen molar-refractivity contribution >= 4 is 25.4 Å². The molecular formula is C13H19N4O8P. The maximum absolute atomic E-state index is 12.2. The number of fused-ring (bicyclic) bond motifs is 1. The van der Waals surface area contributed by atoms with Crippen LogP contribution < -0.4 is 11.3 Å². The molecule has 0 radical (unpaired) electrons. The number of H-pyrrole nitrogens is 1. The first kappa shape index (κ1) is 19.1. The van der Waals surface area contributed by atoms with Crippen LogP contribution in [0.5, 0.6) is 0 Å². The summed E-state index contributed by atoms with van der Waals surface area (Å²) in [4.78, 5) is 32.6. The van der Waals surface area contributed by atoms with Gasteiger partial charge in [-0.05, 0) is 12.0 Å². The smallest absolute Gasteiger partial charge is 0.262 e. The largest absolute Gasteiger partial charge is 0.387 e. The molecule has 0 spiro atoms. The SMILES string of the molecule is CCc1cn([C@@H]2O[C@H](OOP(O)CO)C(O)[C@@H]2O)c2nc(N)[nH]c(=O)c12. The lowest BCUT2D eigenvalue weighted by atomic mass is 10.2. The predicted octanol–water partition coefficient (Wildman–Crippen LogP) is -1.35. The van der Waals surface area contributed by atoms with Crippen LogP contribution in [-0.2, 0) is 20.7 Å².